The summed E-state index contributed by atoms with van der Waals surface area (Å²) in [5.41, 5.74) is 0. The van der Waals surface area contributed by atoms with Gasteiger partial charge < -0.3 is 14.2 Å². The van der Waals surface area contributed by atoms with E-state index in [1.165, 1.54) is 0 Å². The molecule has 8 nitrogen and oxygen atoms in total. The molecule has 0 saturated carbocycles. The summed E-state index contributed by atoms with van der Waals surface area (Å²) in [6.45, 7) is 7.50. The molecule has 1 fully saturated rings. The first kappa shape index (κ1) is 15.7. The van der Waals surface area contributed by atoms with Gasteiger partial charge in [-0.05, 0) is 6.92 Å². The SMILES string of the molecule is CC(C)c1n[nH]c([C@@H]2CN(C(=O)[C@H](C)n3ccnc3)CCO2)n1. The van der Waals surface area contributed by atoms with Gasteiger partial charge in [0.15, 0.2) is 11.6 Å². The molecule has 3 rings (SSSR count). The number of H-pyrrole nitrogens is 1. The van der Waals surface area contributed by atoms with Crippen molar-refractivity contribution in [2.45, 2.75) is 38.8 Å². The Morgan fingerprint density at radius 3 is 2.91 bits per heavy atom. The van der Waals surface area contributed by atoms with Gasteiger partial charge in [0.2, 0.25) is 5.91 Å². The third-order valence-electron chi connectivity index (χ3n) is 4.05. The molecule has 0 radical (unpaired) electrons. The minimum absolute atomic E-state index is 0.0555. The molecule has 2 atom stereocenters. The summed E-state index contributed by atoms with van der Waals surface area (Å²) in [5, 5.41) is 7.14. The first-order valence-electron chi connectivity index (χ1n) is 7.86. The molecule has 1 saturated heterocycles. The Kier molecular flexibility index (Phi) is 4.42. The van der Waals surface area contributed by atoms with Crippen LogP contribution in [-0.2, 0) is 9.53 Å². The Labute approximate surface area is 134 Å². The van der Waals surface area contributed by atoms with Gasteiger partial charge in [-0.2, -0.15) is 5.10 Å². The number of hydrogen-bond donors (Lipinski definition) is 1. The molecule has 8 heteroatoms. The molecular weight excluding hydrogens is 296 g/mol. The van der Waals surface area contributed by atoms with Gasteiger partial charge in [-0.1, -0.05) is 13.8 Å². The van der Waals surface area contributed by atoms with Crippen LogP contribution in [0.2, 0.25) is 0 Å². The Bertz CT molecular complexity index is 651. The van der Waals surface area contributed by atoms with E-state index >= 15 is 0 Å². The minimum Gasteiger partial charge on any atom is -0.367 e. The molecule has 0 unspecified atom stereocenters. The third kappa shape index (κ3) is 3.26. The second-order valence-corrected chi connectivity index (χ2v) is 6.06. The lowest BCUT2D eigenvalue weighted by molar-refractivity contribution is -0.142. The zero-order valence-corrected chi connectivity index (χ0v) is 13.6. The number of nitrogens with zero attached hydrogens (tertiary/aromatic N) is 5. The molecule has 1 aliphatic rings. The predicted octanol–water partition coefficient (Wildman–Crippen LogP) is 1.29. The van der Waals surface area contributed by atoms with Gasteiger partial charge >= 0.3 is 0 Å². The number of aromatic amines is 1. The fourth-order valence-corrected chi connectivity index (χ4v) is 2.60. The van der Waals surface area contributed by atoms with Crippen LogP contribution in [0.15, 0.2) is 18.7 Å². The summed E-state index contributed by atoms with van der Waals surface area (Å²) in [7, 11) is 0. The van der Waals surface area contributed by atoms with E-state index in [4.69, 9.17) is 4.74 Å². The molecule has 3 heterocycles. The Morgan fingerprint density at radius 1 is 1.43 bits per heavy atom. The molecular formula is C15H22N6O2. The van der Waals surface area contributed by atoms with Crippen molar-refractivity contribution in [1.82, 2.24) is 29.6 Å². The maximum absolute atomic E-state index is 12.7. The van der Waals surface area contributed by atoms with Crippen LogP contribution in [0.4, 0.5) is 0 Å². The van der Waals surface area contributed by atoms with Gasteiger partial charge in [0.25, 0.3) is 0 Å². The van der Waals surface area contributed by atoms with Crippen LogP contribution in [-0.4, -0.2) is 55.2 Å². The lowest BCUT2D eigenvalue weighted by Crippen LogP contribution is -2.45. The van der Waals surface area contributed by atoms with Crippen molar-refractivity contribution < 1.29 is 9.53 Å². The van der Waals surface area contributed by atoms with Crippen LogP contribution in [0.5, 0.6) is 0 Å². The zero-order valence-electron chi connectivity index (χ0n) is 13.6. The quantitative estimate of drug-likeness (QED) is 0.917. The van der Waals surface area contributed by atoms with Crippen LogP contribution in [0.25, 0.3) is 0 Å². The van der Waals surface area contributed by atoms with Crippen molar-refractivity contribution in [2.24, 2.45) is 0 Å². The van der Waals surface area contributed by atoms with E-state index < -0.39 is 0 Å². The van der Waals surface area contributed by atoms with Crippen molar-refractivity contribution >= 4 is 5.91 Å². The summed E-state index contributed by atoms with van der Waals surface area (Å²) >= 11 is 0. The van der Waals surface area contributed by atoms with Crippen LogP contribution < -0.4 is 0 Å². The van der Waals surface area contributed by atoms with E-state index in [1.807, 2.05) is 25.7 Å². The van der Waals surface area contributed by atoms with Crippen LogP contribution in [0.1, 0.15) is 50.5 Å². The first-order chi connectivity index (χ1) is 11.1. The summed E-state index contributed by atoms with van der Waals surface area (Å²) in [6.07, 6.45) is 4.87. The van der Waals surface area contributed by atoms with Gasteiger partial charge in [0, 0.05) is 24.9 Å². The number of imidazole rings is 1. The number of carbonyl (C=O) groups excluding carboxylic acids is 1. The van der Waals surface area contributed by atoms with E-state index in [9.17, 15) is 4.79 Å². The first-order valence-corrected chi connectivity index (χ1v) is 7.86. The van der Waals surface area contributed by atoms with Crippen molar-refractivity contribution in [1.29, 1.82) is 0 Å². The molecule has 0 spiro atoms. The number of hydrogen-bond acceptors (Lipinski definition) is 5. The van der Waals surface area contributed by atoms with Crippen molar-refractivity contribution in [3.8, 4) is 0 Å². The molecule has 1 amide bonds. The van der Waals surface area contributed by atoms with Crippen LogP contribution >= 0.6 is 0 Å². The summed E-state index contributed by atoms with van der Waals surface area (Å²) in [5.74, 6) is 1.75. The normalized spacial score (nSPS) is 20.0. The van der Waals surface area contributed by atoms with Gasteiger partial charge in [-0.15, -0.1) is 0 Å². The molecule has 124 valence electrons. The molecule has 1 N–H and O–H groups in total. The minimum atomic E-state index is -0.280. The van der Waals surface area contributed by atoms with Gasteiger partial charge in [0.1, 0.15) is 12.1 Å². The number of nitrogens with one attached hydrogen (secondary N) is 1. The van der Waals surface area contributed by atoms with E-state index in [-0.39, 0.29) is 24.0 Å². The molecule has 0 aliphatic carbocycles. The average Bonchev–Trinajstić information content (AvgIpc) is 3.25. The maximum Gasteiger partial charge on any atom is 0.245 e. The van der Waals surface area contributed by atoms with Crippen molar-refractivity contribution in [2.75, 3.05) is 19.7 Å². The topological polar surface area (TPSA) is 88.9 Å². The van der Waals surface area contributed by atoms with Crippen LogP contribution in [0, 0.1) is 0 Å². The highest BCUT2D eigenvalue weighted by Crippen LogP contribution is 2.22. The molecule has 0 bridgehead atoms. The Balaban J connectivity index is 1.69. The highest BCUT2D eigenvalue weighted by molar-refractivity contribution is 5.80. The highest BCUT2D eigenvalue weighted by Gasteiger charge is 2.30. The monoisotopic (exact) mass is 318 g/mol. The Morgan fingerprint density at radius 2 is 2.26 bits per heavy atom. The third-order valence-corrected chi connectivity index (χ3v) is 4.05. The summed E-state index contributed by atoms with van der Waals surface area (Å²) in [4.78, 5) is 23.0. The average molecular weight is 318 g/mol. The van der Waals surface area contributed by atoms with Gasteiger partial charge in [-0.3, -0.25) is 9.89 Å². The van der Waals surface area contributed by atoms with Gasteiger partial charge in [-0.25, -0.2) is 9.97 Å². The number of ether oxygens (including phenoxy) is 1. The highest BCUT2D eigenvalue weighted by atomic mass is 16.5. The van der Waals surface area contributed by atoms with E-state index in [0.717, 1.165) is 5.82 Å². The number of aromatic nitrogens is 5. The number of morpholine rings is 1. The zero-order chi connectivity index (χ0) is 16.4. The number of amides is 1. The van der Waals surface area contributed by atoms with Crippen LogP contribution in [0.3, 0.4) is 0 Å². The number of carbonyl (C=O) groups is 1. The lowest BCUT2D eigenvalue weighted by Gasteiger charge is -2.33. The number of rotatable bonds is 4. The van der Waals surface area contributed by atoms with Crippen molar-refractivity contribution in [3.05, 3.63) is 30.4 Å². The second kappa shape index (κ2) is 6.49. The molecule has 2 aromatic rings. The summed E-state index contributed by atoms with van der Waals surface area (Å²) < 4.78 is 7.56. The van der Waals surface area contributed by atoms with E-state index in [1.54, 1.807) is 23.3 Å². The molecule has 23 heavy (non-hydrogen) atoms. The van der Waals surface area contributed by atoms with Gasteiger partial charge in [0.05, 0.1) is 19.5 Å². The predicted molar refractivity (Wildman–Crippen MR) is 82.7 cm³/mol. The molecule has 2 aromatic heterocycles. The smallest absolute Gasteiger partial charge is 0.245 e. The largest absolute Gasteiger partial charge is 0.367 e. The molecule has 1 aliphatic heterocycles. The van der Waals surface area contributed by atoms with Crippen molar-refractivity contribution in [3.63, 3.8) is 0 Å². The lowest BCUT2D eigenvalue weighted by atomic mass is 10.2. The fourth-order valence-electron chi connectivity index (χ4n) is 2.60. The second-order valence-electron chi connectivity index (χ2n) is 6.06. The Hall–Kier alpha value is -2.22. The maximum atomic E-state index is 12.7. The standard InChI is InChI=1S/C15H22N6O2/c1-10(2)13-17-14(19-18-13)12-8-20(6-7-23-12)15(22)11(3)21-5-4-16-9-21/h4-5,9-12H,6-8H2,1-3H3,(H,17,18,19)/t11-,12-/m0/s1. The fraction of sp³-hybridized carbons (Fsp3) is 0.600. The summed E-state index contributed by atoms with van der Waals surface area (Å²) in [6, 6.07) is -0.280. The molecule has 0 aromatic carbocycles. The van der Waals surface area contributed by atoms with E-state index in [2.05, 4.69) is 20.2 Å². The van der Waals surface area contributed by atoms with E-state index in [0.29, 0.717) is 25.5 Å².